The molecule has 2 amide bonds. The van der Waals surface area contributed by atoms with Crippen molar-refractivity contribution in [1.29, 1.82) is 0 Å². The fraction of sp³-hybridized carbons (Fsp3) is 0.857. The Morgan fingerprint density at radius 1 is 1.32 bits per heavy atom. The van der Waals surface area contributed by atoms with E-state index in [4.69, 9.17) is 4.74 Å². The summed E-state index contributed by atoms with van der Waals surface area (Å²) in [5, 5.41) is 3.32. The summed E-state index contributed by atoms with van der Waals surface area (Å²) in [6.45, 7) is 7.88. The van der Waals surface area contributed by atoms with E-state index >= 15 is 0 Å². The van der Waals surface area contributed by atoms with E-state index in [1.165, 1.54) is 4.90 Å². The van der Waals surface area contributed by atoms with E-state index in [2.05, 4.69) is 12.2 Å². The second-order valence-corrected chi connectivity index (χ2v) is 6.17. The number of piperidine rings is 1. The van der Waals surface area contributed by atoms with Crippen molar-refractivity contribution in [3.8, 4) is 0 Å². The molecule has 1 saturated heterocycles. The number of rotatable bonds is 7. The van der Waals surface area contributed by atoms with Crippen LogP contribution in [0.1, 0.15) is 27.2 Å². The lowest BCUT2D eigenvalue weighted by Crippen LogP contribution is -2.48. The first-order chi connectivity index (χ1) is 8.95. The zero-order valence-electron chi connectivity index (χ0n) is 12.2. The predicted molar refractivity (Wildman–Crippen MR) is 71.4 cm³/mol. The lowest BCUT2D eigenvalue weighted by atomic mass is 10.1. The average molecular weight is 268 g/mol. The minimum Gasteiger partial charge on any atom is -0.383 e. The minimum atomic E-state index is -0.127. The van der Waals surface area contributed by atoms with Gasteiger partial charge in [-0.15, -0.1) is 0 Å². The zero-order chi connectivity index (χ0) is 14.2. The van der Waals surface area contributed by atoms with Crippen molar-refractivity contribution in [3.63, 3.8) is 0 Å². The number of hydrogen-bond donors (Lipinski definition) is 1. The van der Waals surface area contributed by atoms with Crippen LogP contribution < -0.4 is 5.32 Å². The number of likely N-dealkylation sites (tertiary alicyclic amines) is 1. The molecular formula is C14H24N2O3. The van der Waals surface area contributed by atoms with E-state index in [-0.39, 0.29) is 35.1 Å². The van der Waals surface area contributed by atoms with Gasteiger partial charge in [0.25, 0.3) is 0 Å². The average Bonchev–Trinajstić information content (AvgIpc) is 2.83. The van der Waals surface area contributed by atoms with Gasteiger partial charge in [0.1, 0.15) is 0 Å². The van der Waals surface area contributed by atoms with Gasteiger partial charge < -0.3 is 10.1 Å². The highest BCUT2D eigenvalue weighted by Gasteiger charge is 2.72. The van der Waals surface area contributed by atoms with Crippen LogP contribution in [0, 0.1) is 17.3 Å². The molecule has 2 fully saturated rings. The smallest absolute Gasteiger partial charge is 0.233 e. The van der Waals surface area contributed by atoms with Crippen LogP contribution in [0.15, 0.2) is 0 Å². The summed E-state index contributed by atoms with van der Waals surface area (Å²) in [6.07, 6.45) is 1.01. The monoisotopic (exact) mass is 268 g/mol. The maximum absolute atomic E-state index is 12.2. The summed E-state index contributed by atoms with van der Waals surface area (Å²) in [5.41, 5.74) is -0.127. The highest BCUT2D eigenvalue weighted by Crippen LogP contribution is 2.63. The summed E-state index contributed by atoms with van der Waals surface area (Å²) in [4.78, 5) is 25.9. The summed E-state index contributed by atoms with van der Waals surface area (Å²) in [6, 6.07) is 0.0264. The van der Waals surface area contributed by atoms with E-state index in [1.807, 2.05) is 13.8 Å². The van der Waals surface area contributed by atoms with Crippen LogP contribution in [-0.2, 0) is 14.3 Å². The number of carbonyl (C=O) groups is 2. The summed E-state index contributed by atoms with van der Waals surface area (Å²) in [7, 11) is 1.63. The number of imide groups is 1. The molecule has 5 heteroatoms. The van der Waals surface area contributed by atoms with Gasteiger partial charge in [0.2, 0.25) is 11.8 Å². The van der Waals surface area contributed by atoms with Crippen molar-refractivity contribution in [2.75, 3.05) is 26.8 Å². The minimum absolute atomic E-state index is 0.000554. The van der Waals surface area contributed by atoms with Gasteiger partial charge in [0, 0.05) is 19.7 Å². The number of hydrogen-bond acceptors (Lipinski definition) is 4. The topological polar surface area (TPSA) is 58.6 Å². The van der Waals surface area contributed by atoms with Crippen LogP contribution in [0.4, 0.5) is 0 Å². The molecule has 3 unspecified atom stereocenters. The number of ether oxygens (including phenoxy) is 1. The molecule has 0 bridgehead atoms. The molecule has 1 heterocycles. The van der Waals surface area contributed by atoms with Crippen LogP contribution in [-0.4, -0.2) is 49.6 Å². The molecule has 108 valence electrons. The second-order valence-electron chi connectivity index (χ2n) is 6.17. The SMILES string of the molecule is CCCNC(COC)CN1C(=O)C2C(C1=O)C2(C)C. The van der Waals surface area contributed by atoms with Crippen molar-refractivity contribution in [3.05, 3.63) is 0 Å². The normalized spacial score (nSPS) is 29.6. The molecule has 0 aromatic rings. The van der Waals surface area contributed by atoms with Crippen molar-refractivity contribution >= 4 is 11.8 Å². The lowest BCUT2D eigenvalue weighted by molar-refractivity contribution is -0.143. The maximum Gasteiger partial charge on any atom is 0.233 e. The summed E-state index contributed by atoms with van der Waals surface area (Å²) in [5.74, 6) is -0.178. The Bertz CT molecular complexity index is 357. The quantitative estimate of drug-likeness (QED) is 0.689. The van der Waals surface area contributed by atoms with Crippen LogP contribution >= 0.6 is 0 Å². The molecule has 3 atom stereocenters. The number of methoxy groups -OCH3 is 1. The molecule has 0 spiro atoms. The lowest BCUT2D eigenvalue weighted by Gasteiger charge is -2.26. The molecule has 19 heavy (non-hydrogen) atoms. The van der Waals surface area contributed by atoms with E-state index < -0.39 is 0 Å². The third-order valence-corrected chi connectivity index (χ3v) is 4.35. The third kappa shape index (κ3) is 2.41. The third-order valence-electron chi connectivity index (χ3n) is 4.35. The van der Waals surface area contributed by atoms with E-state index in [9.17, 15) is 9.59 Å². The van der Waals surface area contributed by atoms with Crippen LogP contribution in [0.25, 0.3) is 0 Å². The molecule has 0 aromatic carbocycles. The summed E-state index contributed by atoms with van der Waals surface area (Å²) >= 11 is 0. The van der Waals surface area contributed by atoms with Crippen molar-refractivity contribution in [1.82, 2.24) is 10.2 Å². The molecule has 2 rings (SSSR count). The number of carbonyl (C=O) groups excluding carboxylic acids is 2. The zero-order valence-corrected chi connectivity index (χ0v) is 12.2. The Balaban J connectivity index is 1.96. The Morgan fingerprint density at radius 2 is 1.89 bits per heavy atom. The Hall–Kier alpha value is -0.940. The molecule has 1 saturated carbocycles. The number of nitrogens with zero attached hydrogens (tertiary/aromatic N) is 1. The molecule has 2 aliphatic rings. The highest BCUT2D eigenvalue weighted by molar-refractivity contribution is 6.10. The molecular weight excluding hydrogens is 244 g/mol. The largest absolute Gasteiger partial charge is 0.383 e. The van der Waals surface area contributed by atoms with Crippen LogP contribution in [0.2, 0.25) is 0 Å². The molecule has 0 aromatic heterocycles. The first kappa shape index (κ1) is 14.5. The predicted octanol–water partition coefficient (Wildman–Crippen LogP) is 0.642. The van der Waals surface area contributed by atoms with Gasteiger partial charge in [-0.05, 0) is 18.4 Å². The number of amides is 2. The van der Waals surface area contributed by atoms with Crippen LogP contribution in [0.3, 0.4) is 0 Å². The fourth-order valence-electron chi connectivity index (χ4n) is 3.13. The number of nitrogens with one attached hydrogen (secondary N) is 1. The molecule has 5 nitrogen and oxygen atoms in total. The van der Waals surface area contributed by atoms with Crippen molar-refractivity contribution in [2.45, 2.75) is 33.2 Å². The summed E-state index contributed by atoms with van der Waals surface area (Å²) < 4.78 is 5.15. The van der Waals surface area contributed by atoms with Gasteiger partial charge in [-0.1, -0.05) is 20.8 Å². The van der Waals surface area contributed by atoms with Gasteiger partial charge in [-0.3, -0.25) is 14.5 Å². The molecule has 1 aliphatic carbocycles. The highest BCUT2D eigenvalue weighted by atomic mass is 16.5. The molecule has 1 aliphatic heterocycles. The van der Waals surface area contributed by atoms with Crippen LogP contribution in [0.5, 0.6) is 0 Å². The van der Waals surface area contributed by atoms with Gasteiger partial charge >= 0.3 is 0 Å². The van der Waals surface area contributed by atoms with E-state index in [0.717, 1.165) is 13.0 Å². The maximum atomic E-state index is 12.2. The van der Waals surface area contributed by atoms with Gasteiger partial charge in [-0.2, -0.15) is 0 Å². The van der Waals surface area contributed by atoms with E-state index in [0.29, 0.717) is 13.2 Å². The second kappa shape index (κ2) is 5.21. The molecule has 1 N–H and O–H groups in total. The van der Waals surface area contributed by atoms with Crippen molar-refractivity contribution in [2.24, 2.45) is 17.3 Å². The first-order valence-corrected chi connectivity index (χ1v) is 7.02. The van der Waals surface area contributed by atoms with Gasteiger partial charge in [0.05, 0.1) is 18.4 Å². The first-order valence-electron chi connectivity index (χ1n) is 7.02. The van der Waals surface area contributed by atoms with Crippen molar-refractivity contribution < 1.29 is 14.3 Å². The number of fused-ring (bicyclic) bond motifs is 1. The van der Waals surface area contributed by atoms with Gasteiger partial charge in [0.15, 0.2) is 0 Å². The van der Waals surface area contributed by atoms with E-state index in [1.54, 1.807) is 7.11 Å². The fourth-order valence-corrected chi connectivity index (χ4v) is 3.13. The molecule has 0 radical (unpaired) electrons. The Morgan fingerprint density at radius 3 is 2.37 bits per heavy atom. The van der Waals surface area contributed by atoms with Gasteiger partial charge in [-0.25, -0.2) is 0 Å². The standard InChI is InChI=1S/C14H24N2O3/c1-5-6-15-9(8-19-4)7-16-12(17)10-11(13(16)18)14(10,2)3/h9-11,15H,5-8H2,1-4H3. The Kier molecular flexibility index (Phi) is 3.97. The Labute approximate surface area is 114 Å².